The van der Waals surface area contributed by atoms with Crippen LogP contribution in [0.2, 0.25) is 0 Å². The fourth-order valence-corrected chi connectivity index (χ4v) is 4.47. The number of sulfonamides is 1. The Kier molecular flexibility index (Phi) is 4.42. The second kappa shape index (κ2) is 5.69. The van der Waals surface area contributed by atoms with E-state index in [2.05, 4.69) is 10.0 Å². The molecule has 18 heavy (non-hydrogen) atoms. The predicted octanol–water partition coefficient (Wildman–Crippen LogP) is 1.79. The van der Waals surface area contributed by atoms with Gasteiger partial charge in [0.05, 0.1) is 4.90 Å². The first-order valence-corrected chi connectivity index (χ1v) is 8.59. The van der Waals surface area contributed by atoms with Gasteiger partial charge in [-0.3, -0.25) is 0 Å². The molecule has 1 fully saturated rings. The zero-order valence-electron chi connectivity index (χ0n) is 10.8. The van der Waals surface area contributed by atoms with Crippen LogP contribution >= 0.6 is 11.3 Å². The molecule has 0 amide bonds. The van der Waals surface area contributed by atoms with Gasteiger partial charge in [-0.1, -0.05) is 0 Å². The van der Waals surface area contributed by atoms with Crippen LogP contribution in [-0.4, -0.2) is 27.5 Å². The summed E-state index contributed by atoms with van der Waals surface area (Å²) >= 11 is 1.52. The zero-order valence-corrected chi connectivity index (χ0v) is 12.5. The lowest BCUT2D eigenvalue weighted by Crippen LogP contribution is -2.28. The summed E-state index contributed by atoms with van der Waals surface area (Å²) in [5.41, 5.74) is 0. The Labute approximate surface area is 113 Å². The van der Waals surface area contributed by atoms with E-state index in [1.165, 1.54) is 24.2 Å². The average Bonchev–Trinajstić information content (AvgIpc) is 3.03. The lowest BCUT2D eigenvalue weighted by atomic mass is 10.4. The summed E-state index contributed by atoms with van der Waals surface area (Å²) in [6.45, 7) is 5.16. The maximum Gasteiger partial charge on any atom is 0.241 e. The summed E-state index contributed by atoms with van der Waals surface area (Å²) in [6.07, 6.45) is 3.36. The lowest BCUT2D eigenvalue weighted by molar-refractivity contribution is 0.573. The molecule has 1 aromatic heterocycles. The van der Waals surface area contributed by atoms with Crippen molar-refractivity contribution in [2.45, 2.75) is 44.0 Å². The molecule has 1 heterocycles. The van der Waals surface area contributed by atoms with Gasteiger partial charge in [0.25, 0.3) is 0 Å². The van der Waals surface area contributed by atoms with Crippen molar-refractivity contribution in [3.8, 4) is 0 Å². The van der Waals surface area contributed by atoms with Gasteiger partial charge in [-0.05, 0) is 45.7 Å². The van der Waals surface area contributed by atoms with Crippen LogP contribution in [-0.2, 0) is 10.0 Å². The van der Waals surface area contributed by atoms with Crippen LogP contribution < -0.4 is 10.0 Å². The second-order valence-corrected chi connectivity index (χ2v) is 7.95. The number of nitrogens with one attached hydrogen (secondary N) is 2. The van der Waals surface area contributed by atoms with Crippen molar-refractivity contribution in [1.82, 2.24) is 10.0 Å². The molecule has 102 valence electrons. The summed E-state index contributed by atoms with van der Waals surface area (Å²) in [5, 5.41) is 3.37. The molecule has 0 aromatic carbocycles. The number of aryl methyl sites for hydroxylation is 2. The molecule has 4 nitrogen and oxygen atoms in total. The Morgan fingerprint density at radius 3 is 2.61 bits per heavy atom. The topological polar surface area (TPSA) is 58.2 Å². The van der Waals surface area contributed by atoms with Crippen LogP contribution in [0.5, 0.6) is 0 Å². The molecule has 1 aliphatic carbocycles. The third-order valence-electron chi connectivity index (χ3n) is 2.94. The van der Waals surface area contributed by atoms with E-state index in [9.17, 15) is 8.42 Å². The van der Waals surface area contributed by atoms with Gasteiger partial charge in [-0.25, -0.2) is 13.1 Å². The minimum absolute atomic E-state index is 0.431. The summed E-state index contributed by atoms with van der Waals surface area (Å²) in [7, 11) is -3.32. The minimum atomic E-state index is -3.32. The maximum absolute atomic E-state index is 12.1. The van der Waals surface area contributed by atoms with Gasteiger partial charge in [-0.2, -0.15) is 0 Å². The first-order valence-electron chi connectivity index (χ1n) is 6.29. The smallest absolute Gasteiger partial charge is 0.241 e. The van der Waals surface area contributed by atoms with Gasteiger partial charge in [-0.15, -0.1) is 11.3 Å². The predicted molar refractivity (Wildman–Crippen MR) is 74.6 cm³/mol. The second-order valence-electron chi connectivity index (χ2n) is 4.76. The Morgan fingerprint density at radius 1 is 1.33 bits per heavy atom. The molecule has 2 rings (SSSR count). The number of hydrogen-bond acceptors (Lipinski definition) is 4. The molecular weight excluding hydrogens is 268 g/mol. The maximum atomic E-state index is 12.1. The first kappa shape index (κ1) is 14.0. The van der Waals surface area contributed by atoms with Crippen molar-refractivity contribution >= 4 is 21.4 Å². The van der Waals surface area contributed by atoms with E-state index >= 15 is 0 Å². The third-order valence-corrected chi connectivity index (χ3v) is 5.62. The highest BCUT2D eigenvalue weighted by Crippen LogP contribution is 2.24. The molecule has 0 aliphatic heterocycles. The highest BCUT2D eigenvalue weighted by molar-refractivity contribution is 7.89. The Balaban J connectivity index is 1.81. The van der Waals surface area contributed by atoms with Crippen LogP contribution in [0.3, 0.4) is 0 Å². The van der Waals surface area contributed by atoms with E-state index in [0.717, 1.165) is 22.7 Å². The molecule has 1 saturated carbocycles. The standard InChI is InChI=1S/C12H20N2O2S2/c1-9-8-12(10(2)17-9)18(15,16)14-7-3-6-13-11-4-5-11/h8,11,13-14H,3-7H2,1-2H3. The van der Waals surface area contributed by atoms with E-state index in [4.69, 9.17) is 0 Å². The Hall–Kier alpha value is -0.430. The third kappa shape index (κ3) is 3.78. The molecule has 0 radical (unpaired) electrons. The number of hydrogen-bond donors (Lipinski definition) is 2. The van der Waals surface area contributed by atoms with Crippen molar-refractivity contribution in [3.63, 3.8) is 0 Å². The van der Waals surface area contributed by atoms with Crippen LogP contribution in [0.25, 0.3) is 0 Å². The first-order chi connectivity index (χ1) is 8.49. The molecule has 1 aliphatic rings. The van der Waals surface area contributed by atoms with Crippen molar-refractivity contribution < 1.29 is 8.42 Å². The van der Waals surface area contributed by atoms with Gasteiger partial charge in [0.1, 0.15) is 0 Å². The van der Waals surface area contributed by atoms with E-state index in [1.807, 2.05) is 13.8 Å². The zero-order chi connectivity index (χ0) is 13.2. The van der Waals surface area contributed by atoms with Crippen molar-refractivity contribution in [2.24, 2.45) is 0 Å². The molecule has 2 N–H and O–H groups in total. The van der Waals surface area contributed by atoms with Crippen molar-refractivity contribution in [3.05, 3.63) is 15.8 Å². The largest absolute Gasteiger partial charge is 0.314 e. The lowest BCUT2D eigenvalue weighted by Gasteiger charge is -2.06. The quantitative estimate of drug-likeness (QED) is 0.752. The van der Waals surface area contributed by atoms with Crippen LogP contribution in [0.15, 0.2) is 11.0 Å². The monoisotopic (exact) mass is 288 g/mol. The molecule has 0 unspecified atom stereocenters. The Bertz CT molecular complexity index is 504. The van der Waals surface area contributed by atoms with Gasteiger partial charge in [0, 0.05) is 22.3 Å². The molecule has 0 saturated heterocycles. The summed E-state index contributed by atoms with van der Waals surface area (Å²) in [5.74, 6) is 0. The summed E-state index contributed by atoms with van der Waals surface area (Å²) in [4.78, 5) is 2.32. The highest BCUT2D eigenvalue weighted by Gasteiger charge is 2.20. The van der Waals surface area contributed by atoms with Crippen LogP contribution in [0.1, 0.15) is 29.0 Å². The van der Waals surface area contributed by atoms with E-state index in [-0.39, 0.29) is 0 Å². The SMILES string of the molecule is Cc1cc(S(=O)(=O)NCCCNC2CC2)c(C)s1. The average molecular weight is 288 g/mol. The van der Waals surface area contributed by atoms with Gasteiger partial charge < -0.3 is 5.32 Å². The summed E-state index contributed by atoms with van der Waals surface area (Å²) < 4.78 is 26.8. The van der Waals surface area contributed by atoms with Gasteiger partial charge >= 0.3 is 0 Å². The van der Waals surface area contributed by atoms with Gasteiger partial charge in [0.15, 0.2) is 0 Å². The van der Waals surface area contributed by atoms with E-state index < -0.39 is 10.0 Å². The van der Waals surface area contributed by atoms with Crippen molar-refractivity contribution in [2.75, 3.05) is 13.1 Å². The molecule has 0 atom stereocenters. The summed E-state index contributed by atoms with van der Waals surface area (Å²) in [6, 6.07) is 2.42. The van der Waals surface area contributed by atoms with Crippen molar-refractivity contribution in [1.29, 1.82) is 0 Å². The fourth-order valence-electron chi connectivity index (χ4n) is 1.84. The molecule has 0 bridgehead atoms. The number of rotatable bonds is 7. The molecule has 0 spiro atoms. The Morgan fingerprint density at radius 2 is 2.06 bits per heavy atom. The van der Waals surface area contributed by atoms with Crippen LogP contribution in [0.4, 0.5) is 0 Å². The fraction of sp³-hybridized carbons (Fsp3) is 0.667. The number of thiophene rings is 1. The normalized spacial score (nSPS) is 16.1. The molecule has 6 heteroatoms. The molecular formula is C12H20N2O2S2. The van der Waals surface area contributed by atoms with E-state index in [0.29, 0.717) is 17.5 Å². The van der Waals surface area contributed by atoms with Gasteiger partial charge in [0.2, 0.25) is 10.0 Å². The highest BCUT2D eigenvalue weighted by atomic mass is 32.2. The minimum Gasteiger partial charge on any atom is -0.314 e. The molecule has 1 aromatic rings. The van der Waals surface area contributed by atoms with Crippen LogP contribution in [0, 0.1) is 13.8 Å². The van der Waals surface area contributed by atoms with E-state index in [1.54, 1.807) is 6.07 Å².